The molecule has 0 amide bonds. The van der Waals surface area contributed by atoms with Gasteiger partial charge in [0.15, 0.2) is 0 Å². The Morgan fingerprint density at radius 2 is 1.38 bits per heavy atom. The van der Waals surface area contributed by atoms with Gasteiger partial charge in [-0.15, -0.1) is 0 Å². The quantitative estimate of drug-likeness (QED) is 0.223. The van der Waals surface area contributed by atoms with Crippen molar-refractivity contribution in [1.82, 2.24) is 9.97 Å². The van der Waals surface area contributed by atoms with Crippen molar-refractivity contribution in [2.45, 2.75) is 26.1 Å². The van der Waals surface area contributed by atoms with Crippen molar-refractivity contribution >= 4 is 0 Å². The second-order valence-electron chi connectivity index (χ2n) is 10.8. The Morgan fingerprint density at radius 1 is 0.667 bits per heavy atom. The zero-order chi connectivity index (χ0) is 31.8. The van der Waals surface area contributed by atoms with Crippen molar-refractivity contribution in [2.24, 2.45) is 0 Å². The van der Waals surface area contributed by atoms with Crippen LogP contribution in [0.3, 0.4) is 0 Å². The van der Waals surface area contributed by atoms with Crippen molar-refractivity contribution < 1.29 is 13.6 Å². The van der Waals surface area contributed by atoms with E-state index in [1.54, 1.807) is 42.6 Å². The summed E-state index contributed by atoms with van der Waals surface area (Å²) in [5, 5.41) is 11.1. The van der Waals surface area contributed by atoms with Gasteiger partial charge in [0.05, 0.1) is 17.1 Å². The monoisotopic (exact) mass is 553 g/mol. The second-order valence-corrected chi connectivity index (χ2v) is 10.8. The van der Waals surface area contributed by atoms with Crippen LogP contribution in [0.4, 0.5) is 4.39 Å². The zero-order valence-corrected chi connectivity index (χ0v) is 23.3. The average Bonchev–Trinajstić information content (AvgIpc) is 3.05. The topological polar surface area (TPSA) is 46.0 Å². The van der Waals surface area contributed by atoms with Crippen LogP contribution in [-0.4, -0.2) is 15.1 Å². The molecule has 6 aromatic rings. The molecule has 6 rings (SSSR count). The molecule has 0 spiro atoms. The van der Waals surface area contributed by atoms with Crippen molar-refractivity contribution in [3.05, 3.63) is 150 Å². The van der Waals surface area contributed by atoms with E-state index in [1.807, 2.05) is 86.6 Å². The number of phenolic OH excluding ortho intramolecular Hbond substituents is 1. The molecule has 0 aliphatic carbocycles. The van der Waals surface area contributed by atoms with Crippen LogP contribution in [-0.2, 0) is 5.41 Å². The van der Waals surface area contributed by atoms with Crippen LogP contribution in [0.5, 0.6) is 5.75 Å². The normalized spacial score (nSPS) is 12.8. The minimum Gasteiger partial charge on any atom is -0.507 e. The molecule has 0 fully saturated rings. The first kappa shape index (κ1) is 23.6. The van der Waals surface area contributed by atoms with E-state index >= 15 is 0 Å². The first-order chi connectivity index (χ1) is 21.5. The summed E-state index contributed by atoms with van der Waals surface area (Å²) in [6.45, 7) is 1.69. The number of pyridine rings is 2. The molecule has 0 unspecified atom stereocenters. The summed E-state index contributed by atoms with van der Waals surface area (Å²) in [5.41, 5.74) is 6.84. The minimum atomic E-state index is -2.35. The first-order valence-corrected chi connectivity index (χ1v) is 13.7. The maximum absolute atomic E-state index is 13.7. The van der Waals surface area contributed by atoms with Gasteiger partial charge in [-0.1, -0.05) is 80.6 Å². The molecule has 206 valence electrons. The van der Waals surface area contributed by atoms with E-state index in [4.69, 9.17) is 9.10 Å². The number of hydrogen-bond acceptors (Lipinski definition) is 3. The summed E-state index contributed by atoms with van der Waals surface area (Å²) < 4.78 is 38.2. The fourth-order valence-corrected chi connectivity index (χ4v) is 5.38. The van der Waals surface area contributed by atoms with E-state index in [2.05, 4.69) is 4.98 Å². The van der Waals surface area contributed by atoms with Crippen LogP contribution >= 0.6 is 0 Å². The Hall–Kier alpha value is -5.09. The van der Waals surface area contributed by atoms with Gasteiger partial charge in [0, 0.05) is 38.0 Å². The molecule has 0 saturated heterocycles. The SMILES string of the molecule is [2H]C([2H])([2H])c1cc(-c2ccc(-c3ccccc3)cn2)cc(-c2cccc(-c3c(O)cccc3C(C)(C)c3ccc(F)cc3)n2)c1. The molecular weight excluding hydrogens is 519 g/mol. The average molecular weight is 554 g/mol. The summed E-state index contributed by atoms with van der Waals surface area (Å²) in [6, 6.07) is 36.1. The third kappa shape index (κ3) is 5.31. The standard InChI is InChI=1S/C38H31FN2O/c1-25-21-28(33-20-15-27(24-40-33)26-9-5-4-6-10-26)23-29(22-25)34-12-8-13-35(41-34)37-32(11-7-14-36(37)42)38(2,3)30-16-18-31(39)19-17-30/h4-24,42H,1-3H3/i1D3. The number of phenols is 1. The lowest BCUT2D eigenvalue weighted by Crippen LogP contribution is -2.20. The molecular formula is C38H31FN2O. The van der Waals surface area contributed by atoms with E-state index in [-0.39, 0.29) is 17.1 Å². The molecule has 1 N–H and O–H groups in total. The number of benzene rings is 4. The third-order valence-corrected chi connectivity index (χ3v) is 7.68. The Kier molecular flexibility index (Phi) is 6.21. The lowest BCUT2D eigenvalue weighted by Gasteiger charge is -2.29. The van der Waals surface area contributed by atoms with Crippen LogP contribution in [0.25, 0.3) is 44.9 Å². The molecule has 4 heteroatoms. The van der Waals surface area contributed by atoms with Crippen molar-refractivity contribution in [3.63, 3.8) is 0 Å². The van der Waals surface area contributed by atoms with Crippen LogP contribution in [0.1, 0.15) is 34.7 Å². The number of rotatable bonds is 6. The molecule has 0 bridgehead atoms. The highest BCUT2D eigenvalue weighted by molar-refractivity contribution is 5.77. The summed E-state index contributed by atoms with van der Waals surface area (Å²) >= 11 is 0. The van der Waals surface area contributed by atoms with Crippen molar-refractivity contribution in [3.8, 4) is 50.6 Å². The molecule has 0 saturated carbocycles. The van der Waals surface area contributed by atoms with Gasteiger partial charge in [0.2, 0.25) is 0 Å². The lowest BCUT2D eigenvalue weighted by molar-refractivity contribution is 0.474. The largest absolute Gasteiger partial charge is 0.507 e. The second kappa shape index (κ2) is 11.1. The van der Waals surface area contributed by atoms with Gasteiger partial charge < -0.3 is 5.11 Å². The van der Waals surface area contributed by atoms with Gasteiger partial charge in [0.25, 0.3) is 0 Å². The fraction of sp³-hybridized carbons (Fsp3) is 0.105. The van der Waals surface area contributed by atoms with E-state index in [1.165, 1.54) is 12.1 Å². The minimum absolute atomic E-state index is 0.0620. The smallest absolute Gasteiger partial charge is 0.125 e. The van der Waals surface area contributed by atoms with Gasteiger partial charge in [-0.2, -0.15) is 0 Å². The number of hydrogen-bond donors (Lipinski definition) is 1. The van der Waals surface area contributed by atoms with E-state index in [9.17, 15) is 9.50 Å². The van der Waals surface area contributed by atoms with Gasteiger partial charge in [-0.3, -0.25) is 4.98 Å². The number of halogens is 1. The molecule has 0 atom stereocenters. The summed E-state index contributed by atoms with van der Waals surface area (Å²) in [4.78, 5) is 9.62. The Labute approximate surface area is 250 Å². The zero-order valence-electron chi connectivity index (χ0n) is 26.3. The van der Waals surface area contributed by atoms with E-state index in [0.29, 0.717) is 33.8 Å². The molecule has 0 aliphatic heterocycles. The molecule has 4 aromatic carbocycles. The summed E-state index contributed by atoms with van der Waals surface area (Å²) in [7, 11) is 0. The summed E-state index contributed by atoms with van der Waals surface area (Å²) in [6.07, 6.45) is 1.79. The predicted molar refractivity (Wildman–Crippen MR) is 169 cm³/mol. The highest BCUT2D eigenvalue weighted by Crippen LogP contribution is 2.42. The first-order valence-electron chi connectivity index (χ1n) is 15.2. The van der Waals surface area contributed by atoms with Crippen LogP contribution in [0.15, 0.2) is 128 Å². The highest BCUT2D eigenvalue weighted by atomic mass is 19.1. The van der Waals surface area contributed by atoms with Crippen molar-refractivity contribution in [2.75, 3.05) is 0 Å². The maximum atomic E-state index is 13.7. The molecule has 0 aliphatic rings. The van der Waals surface area contributed by atoms with Gasteiger partial charge in [-0.25, -0.2) is 9.37 Å². The molecule has 2 aromatic heterocycles. The predicted octanol–water partition coefficient (Wildman–Crippen LogP) is 9.62. The summed E-state index contributed by atoms with van der Waals surface area (Å²) in [5.74, 6) is -0.256. The van der Waals surface area contributed by atoms with Gasteiger partial charge in [0.1, 0.15) is 11.6 Å². The Balaban J connectivity index is 1.44. The molecule has 42 heavy (non-hydrogen) atoms. The Bertz CT molecular complexity index is 1970. The van der Waals surface area contributed by atoms with Crippen LogP contribution in [0.2, 0.25) is 0 Å². The van der Waals surface area contributed by atoms with E-state index in [0.717, 1.165) is 22.3 Å². The molecule has 0 radical (unpaired) electrons. The number of aryl methyl sites for hydroxylation is 1. The maximum Gasteiger partial charge on any atom is 0.125 e. The molecule has 3 nitrogen and oxygen atoms in total. The fourth-order valence-electron chi connectivity index (χ4n) is 5.38. The Morgan fingerprint density at radius 3 is 2.10 bits per heavy atom. The lowest BCUT2D eigenvalue weighted by atomic mass is 9.75. The van der Waals surface area contributed by atoms with E-state index < -0.39 is 12.3 Å². The molecule has 2 heterocycles. The highest BCUT2D eigenvalue weighted by Gasteiger charge is 2.28. The van der Waals surface area contributed by atoms with Gasteiger partial charge >= 0.3 is 0 Å². The van der Waals surface area contributed by atoms with Crippen LogP contribution in [0, 0.1) is 12.7 Å². The number of aromatic nitrogens is 2. The van der Waals surface area contributed by atoms with Crippen molar-refractivity contribution in [1.29, 1.82) is 0 Å². The number of nitrogens with zero attached hydrogens (tertiary/aromatic N) is 2. The number of aromatic hydroxyl groups is 1. The third-order valence-electron chi connectivity index (χ3n) is 7.68. The van der Waals surface area contributed by atoms with Crippen LogP contribution < -0.4 is 0 Å². The van der Waals surface area contributed by atoms with Gasteiger partial charge in [-0.05, 0) is 83.7 Å².